The molecule has 9 nitrogen and oxygen atoms in total. The zero-order chi connectivity index (χ0) is 24.4. The Hall–Kier alpha value is -3.47. The molecular weight excluding hydrogens is 551 g/mol. The number of nitrogens with zero attached hydrogens (tertiary/aromatic N) is 3. The molecule has 0 radical (unpaired) electrons. The highest BCUT2D eigenvalue weighted by Gasteiger charge is 2.21. The van der Waals surface area contributed by atoms with Crippen LogP contribution in [0.25, 0.3) is 10.9 Å². The molecule has 0 fully saturated rings. The van der Waals surface area contributed by atoms with E-state index in [-0.39, 0.29) is 33.5 Å². The van der Waals surface area contributed by atoms with Crippen molar-refractivity contribution in [1.29, 1.82) is 0 Å². The smallest absolute Gasteiger partial charge is 0.349 e. The highest BCUT2D eigenvalue weighted by molar-refractivity contribution is 9.10. The van der Waals surface area contributed by atoms with Crippen molar-refractivity contribution >= 4 is 61.9 Å². The number of ether oxygens (including phenoxy) is 1. The van der Waals surface area contributed by atoms with E-state index in [9.17, 15) is 19.7 Å². The fraction of sp³-hybridized carbons (Fsp3) is 0.0455. The summed E-state index contributed by atoms with van der Waals surface area (Å²) in [6, 6.07) is 14.1. The lowest BCUT2D eigenvalue weighted by atomic mass is 10.2. The standard InChI is InChI=1S/C22H13BrCl2N4O5/c23-16-7-12(10-26-28-21(30)15-3-1-2-4-18(15)27-22(28)31)8-19(29(32)33)20(16)34-11-13-5-6-14(24)9-17(13)25/h1-10H,11H2,(H,27,31). The molecule has 4 aromatic rings. The molecule has 4 rings (SSSR count). The summed E-state index contributed by atoms with van der Waals surface area (Å²) < 4.78 is 6.59. The van der Waals surface area contributed by atoms with E-state index < -0.39 is 16.2 Å². The van der Waals surface area contributed by atoms with Gasteiger partial charge >= 0.3 is 11.4 Å². The minimum absolute atomic E-state index is 0.0196. The van der Waals surface area contributed by atoms with Gasteiger partial charge in [-0.1, -0.05) is 41.4 Å². The van der Waals surface area contributed by atoms with Crippen LogP contribution in [0, 0.1) is 10.1 Å². The van der Waals surface area contributed by atoms with E-state index in [1.807, 2.05) is 0 Å². The van der Waals surface area contributed by atoms with Crippen LogP contribution in [-0.2, 0) is 6.61 Å². The Morgan fingerprint density at radius 3 is 2.65 bits per heavy atom. The number of nitro benzene ring substituents is 1. The van der Waals surface area contributed by atoms with Gasteiger partial charge in [-0.25, -0.2) is 4.79 Å². The SMILES string of the molecule is O=c1[nH]c2ccccc2c(=O)n1N=Cc1cc(Br)c(OCc2ccc(Cl)cc2Cl)c([N+](=O)[O-])c1. The first kappa shape index (κ1) is 23.7. The lowest BCUT2D eigenvalue weighted by Gasteiger charge is -2.11. The lowest BCUT2D eigenvalue weighted by molar-refractivity contribution is -0.386. The van der Waals surface area contributed by atoms with Crippen LogP contribution in [0.5, 0.6) is 5.75 Å². The Bertz CT molecular complexity index is 1580. The molecule has 172 valence electrons. The largest absolute Gasteiger partial charge is 0.481 e. The third-order valence-electron chi connectivity index (χ3n) is 4.74. The monoisotopic (exact) mass is 562 g/mol. The van der Waals surface area contributed by atoms with Crippen LogP contribution in [0.3, 0.4) is 0 Å². The van der Waals surface area contributed by atoms with Crippen molar-refractivity contribution in [1.82, 2.24) is 9.66 Å². The van der Waals surface area contributed by atoms with E-state index in [0.29, 0.717) is 25.8 Å². The second kappa shape index (κ2) is 9.80. The predicted molar refractivity (Wildman–Crippen MR) is 133 cm³/mol. The van der Waals surface area contributed by atoms with Gasteiger partial charge in [0.1, 0.15) is 6.61 Å². The molecule has 0 amide bonds. The number of aromatic amines is 1. The van der Waals surface area contributed by atoms with E-state index in [1.54, 1.807) is 42.5 Å². The van der Waals surface area contributed by atoms with Gasteiger partial charge in [-0.05, 0) is 46.3 Å². The van der Waals surface area contributed by atoms with Crippen molar-refractivity contribution in [3.63, 3.8) is 0 Å². The number of rotatable bonds is 6. The average molecular weight is 564 g/mol. The molecule has 0 aliphatic heterocycles. The number of hydrogen-bond donors (Lipinski definition) is 1. The van der Waals surface area contributed by atoms with Gasteiger partial charge in [0.25, 0.3) is 5.56 Å². The van der Waals surface area contributed by atoms with Crippen molar-refractivity contribution in [3.8, 4) is 5.75 Å². The molecule has 0 bridgehead atoms. The third kappa shape index (κ3) is 4.89. The van der Waals surface area contributed by atoms with Gasteiger partial charge in [0.15, 0.2) is 0 Å². The van der Waals surface area contributed by atoms with Gasteiger partial charge < -0.3 is 9.72 Å². The lowest BCUT2D eigenvalue weighted by Crippen LogP contribution is -2.32. The summed E-state index contributed by atoms with van der Waals surface area (Å²) in [5.41, 5.74) is -0.481. The summed E-state index contributed by atoms with van der Waals surface area (Å²) in [7, 11) is 0. The molecule has 34 heavy (non-hydrogen) atoms. The van der Waals surface area contributed by atoms with E-state index in [4.69, 9.17) is 27.9 Å². The minimum Gasteiger partial charge on any atom is -0.481 e. The molecule has 1 N–H and O–H groups in total. The number of aromatic nitrogens is 2. The normalized spacial score (nSPS) is 11.3. The summed E-state index contributed by atoms with van der Waals surface area (Å²) in [4.78, 5) is 38.5. The zero-order valence-electron chi connectivity index (χ0n) is 17.0. The maximum absolute atomic E-state index is 12.6. The van der Waals surface area contributed by atoms with Gasteiger partial charge in [0.2, 0.25) is 5.75 Å². The second-order valence-electron chi connectivity index (χ2n) is 6.97. The first-order valence-electron chi connectivity index (χ1n) is 9.57. The summed E-state index contributed by atoms with van der Waals surface area (Å²) in [5.74, 6) is -0.0196. The highest BCUT2D eigenvalue weighted by atomic mass is 79.9. The molecule has 12 heteroatoms. The van der Waals surface area contributed by atoms with Crippen molar-refractivity contribution in [2.24, 2.45) is 5.10 Å². The van der Waals surface area contributed by atoms with Gasteiger partial charge in [0.05, 0.1) is 26.5 Å². The van der Waals surface area contributed by atoms with Crippen molar-refractivity contribution in [3.05, 3.63) is 111 Å². The van der Waals surface area contributed by atoms with E-state index >= 15 is 0 Å². The molecule has 0 spiro atoms. The number of halogens is 3. The van der Waals surface area contributed by atoms with Gasteiger partial charge in [0, 0.05) is 27.2 Å². The predicted octanol–water partition coefficient (Wildman–Crippen LogP) is 5.13. The quantitative estimate of drug-likeness (QED) is 0.198. The summed E-state index contributed by atoms with van der Waals surface area (Å²) >= 11 is 15.3. The van der Waals surface area contributed by atoms with E-state index in [0.717, 1.165) is 0 Å². The van der Waals surface area contributed by atoms with Crippen LogP contribution in [0.4, 0.5) is 5.69 Å². The number of fused-ring (bicyclic) bond motifs is 1. The van der Waals surface area contributed by atoms with Crippen LogP contribution in [0.1, 0.15) is 11.1 Å². The Kier molecular flexibility index (Phi) is 6.82. The summed E-state index contributed by atoms with van der Waals surface area (Å²) in [5, 5.41) is 16.7. The number of H-pyrrole nitrogens is 1. The second-order valence-corrected chi connectivity index (χ2v) is 8.67. The van der Waals surface area contributed by atoms with Crippen LogP contribution in [0.15, 0.2) is 73.8 Å². The first-order chi connectivity index (χ1) is 16.2. The van der Waals surface area contributed by atoms with Crippen molar-refractivity contribution in [2.75, 3.05) is 0 Å². The first-order valence-corrected chi connectivity index (χ1v) is 11.1. The van der Waals surface area contributed by atoms with E-state index in [1.165, 1.54) is 18.3 Å². The molecule has 0 aliphatic rings. The number of benzene rings is 3. The fourth-order valence-corrected chi connectivity index (χ4v) is 4.17. The molecular formula is C22H13BrCl2N4O5. The number of nitro groups is 1. The van der Waals surface area contributed by atoms with Crippen LogP contribution < -0.4 is 16.0 Å². The molecule has 1 aromatic heterocycles. The van der Waals surface area contributed by atoms with Crippen molar-refractivity contribution in [2.45, 2.75) is 6.61 Å². The number of nitrogens with one attached hydrogen (secondary N) is 1. The fourth-order valence-electron chi connectivity index (χ4n) is 3.12. The maximum atomic E-state index is 12.6. The Labute approximate surface area is 209 Å². The highest BCUT2D eigenvalue weighted by Crippen LogP contribution is 2.37. The maximum Gasteiger partial charge on any atom is 0.349 e. The number of hydrogen-bond acceptors (Lipinski definition) is 6. The molecule has 0 atom stereocenters. The topological polar surface area (TPSA) is 120 Å². The van der Waals surface area contributed by atoms with E-state index in [2.05, 4.69) is 26.0 Å². The molecule has 0 saturated heterocycles. The molecule has 0 aliphatic carbocycles. The van der Waals surface area contributed by atoms with Gasteiger partial charge in [-0.3, -0.25) is 14.9 Å². The third-order valence-corrected chi connectivity index (χ3v) is 5.91. The summed E-state index contributed by atoms with van der Waals surface area (Å²) in [6.45, 7) is -0.0370. The zero-order valence-corrected chi connectivity index (χ0v) is 20.1. The van der Waals surface area contributed by atoms with Crippen LogP contribution in [-0.4, -0.2) is 20.8 Å². The average Bonchev–Trinajstić information content (AvgIpc) is 2.79. The van der Waals surface area contributed by atoms with Crippen LogP contribution >= 0.6 is 39.1 Å². The molecule has 3 aromatic carbocycles. The Balaban J connectivity index is 1.67. The minimum atomic E-state index is -0.742. The van der Waals surface area contributed by atoms with Crippen LogP contribution in [0.2, 0.25) is 10.0 Å². The molecule has 1 heterocycles. The molecule has 0 saturated carbocycles. The van der Waals surface area contributed by atoms with Crippen molar-refractivity contribution < 1.29 is 9.66 Å². The Morgan fingerprint density at radius 2 is 1.91 bits per heavy atom. The number of para-hydroxylation sites is 1. The van der Waals surface area contributed by atoms with Gasteiger partial charge in [-0.15, -0.1) is 4.68 Å². The molecule has 0 unspecified atom stereocenters. The van der Waals surface area contributed by atoms with Gasteiger partial charge in [-0.2, -0.15) is 5.10 Å². The Morgan fingerprint density at radius 1 is 1.15 bits per heavy atom. The summed E-state index contributed by atoms with van der Waals surface area (Å²) in [6.07, 6.45) is 1.17.